The molecule has 10 aromatic heterocycles. The molecule has 4 saturated heterocycles. The topological polar surface area (TPSA) is 305 Å². The first kappa shape index (κ1) is 95.4. The van der Waals surface area contributed by atoms with E-state index in [-0.39, 0.29) is 25.7 Å². The smallest absolute Gasteiger partial charge is 0.391 e. The first-order valence-corrected chi connectivity index (χ1v) is 44.4. The van der Waals surface area contributed by atoms with E-state index in [0.717, 1.165) is 153 Å². The van der Waals surface area contributed by atoms with Gasteiger partial charge in [-0.25, -0.2) is 49.8 Å². The number of piperidine rings is 2. The molecule has 6 aromatic carbocycles. The fourth-order valence-electron chi connectivity index (χ4n) is 14.8. The minimum absolute atomic E-state index is 0.0899. The fraction of sp³-hybridized carbons (Fsp3) is 0.227. The van der Waals surface area contributed by atoms with Crippen LogP contribution in [-0.2, 0) is 0 Å². The number of hydrogen-bond acceptors (Lipinski definition) is 26. The third-order valence-electron chi connectivity index (χ3n) is 21.7. The molecule has 0 saturated carbocycles. The summed E-state index contributed by atoms with van der Waals surface area (Å²) in [6.07, 6.45) is 18.6. The van der Waals surface area contributed by atoms with Crippen molar-refractivity contribution in [2.24, 2.45) is 11.8 Å². The number of halogens is 10. The monoisotopic (exact) mass is 1880 g/mol. The van der Waals surface area contributed by atoms with Gasteiger partial charge in [0.25, 0.3) is 0 Å². The van der Waals surface area contributed by atoms with Gasteiger partial charge in [0.15, 0.2) is 0 Å². The summed E-state index contributed by atoms with van der Waals surface area (Å²) < 4.78 is 74.2. The number of nitrogens with zero attached hydrogens (tertiary/aromatic N) is 19. The lowest BCUT2D eigenvalue weighted by molar-refractivity contribution is -0.180. The number of pyridine rings is 5. The van der Waals surface area contributed by atoms with Gasteiger partial charge in [-0.1, -0.05) is 150 Å². The van der Waals surface area contributed by atoms with Crippen molar-refractivity contribution in [3.63, 3.8) is 0 Å². The van der Waals surface area contributed by atoms with E-state index in [0.29, 0.717) is 76.1 Å². The Hall–Kier alpha value is -13.7. The maximum Gasteiger partial charge on any atom is 0.391 e. The molecule has 0 radical (unpaired) electrons. The molecule has 36 heteroatoms. The van der Waals surface area contributed by atoms with E-state index in [1.807, 2.05) is 151 Å². The van der Waals surface area contributed by atoms with Crippen LogP contribution in [0.4, 0.5) is 95.4 Å². The number of nitrogens with one attached hydrogen (secondary N) is 6. The predicted molar refractivity (Wildman–Crippen MR) is 521 cm³/mol. The lowest BCUT2D eigenvalue weighted by Crippen LogP contribution is -2.50. The Morgan fingerprint density at radius 3 is 1.06 bits per heavy atom. The highest BCUT2D eigenvalue weighted by atomic mass is 35.5. The summed E-state index contributed by atoms with van der Waals surface area (Å²) in [5.41, 5.74) is 16.0. The van der Waals surface area contributed by atoms with Crippen LogP contribution in [0, 0.1) is 11.8 Å². The van der Waals surface area contributed by atoms with E-state index in [2.05, 4.69) is 194 Å². The van der Waals surface area contributed by atoms with Crippen LogP contribution in [0.5, 0.6) is 0 Å². The summed E-state index contributed by atoms with van der Waals surface area (Å²) in [6.45, 7) is 10.2. The summed E-state index contributed by atoms with van der Waals surface area (Å²) >= 11 is 22.4. The zero-order chi connectivity index (χ0) is 92.6. The summed E-state index contributed by atoms with van der Waals surface area (Å²) in [6, 6.07) is 69.0. The number of aromatic nitrogens is 15. The Bertz CT molecular complexity index is 6330. The fourth-order valence-corrected chi connectivity index (χ4v) is 15.5. The van der Waals surface area contributed by atoms with E-state index in [1.165, 1.54) is 37.1 Å². The largest absolute Gasteiger partial charge is 0.399 e. The van der Waals surface area contributed by atoms with Crippen molar-refractivity contribution in [1.29, 1.82) is 0 Å². The van der Waals surface area contributed by atoms with Crippen molar-refractivity contribution in [2.75, 3.05) is 120 Å². The molecule has 21 rings (SSSR count). The highest BCUT2D eigenvalue weighted by molar-refractivity contribution is 6.33. The zero-order valence-corrected chi connectivity index (χ0v) is 74.9. The van der Waals surface area contributed by atoms with Gasteiger partial charge in [-0.2, -0.15) is 26.3 Å². The number of para-hydroxylation sites is 1. The minimum Gasteiger partial charge on any atom is -0.399 e. The number of piperazine rings is 2. The Balaban J connectivity index is 0.000000126. The predicted octanol–water partition coefficient (Wildman–Crippen LogP) is 21.4. The SMILES string of the molecule is C1=CCC(N2CCN(c3cc(Nc4ccc5cccnc5c4)ncn3)CC2)C=C1.Clc1cc(Cl)ncn1.Clc1cc(Nc2ccc3cccnc3c2)ncn1.Clc1cc(Nc2ccc3cccnc3c2)ncn1.FC(F)(F)C1CCN(c2cc(Nc3ccc4cccnc4c3)ncn2)CC1.FC(F)(F)C1CCNCC1.Nc1ccc2cccnc2c1.c1ccc(N2CCNCC2)cc1. The number of alkyl halides is 6. The molecule has 26 nitrogen and oxygen atoms in total. The summed E-state index contributed by atoms with van der Waals surface area (Å²) in [5.74, 6) is 2.02. The number of anilines is 12. The molecule has 8 N–H and O–H groups in total. The van der Waals surface area contributed by atoms with Gasteiger partial charge >= 0.3 is 12.4 Å². The number of hydrogen-bond donors (Lipinski definition) is 7. The molecule has 1 atom stereocenters. The normalized spacial score (nSPS) is 15.1. The Labute approximate surface area is 784 Å². The summed E-state index contributed by atoms with van der Waals surface area (Å²) in [5, 5.41) is 26.2. The van der Waals surface area contributed by atoms with Gasteiger partial charge in [-0.15, -0.1) is 0 Å². The van der Waals surface area contributed by atoms with Crippen molar-refractivity contribution < 1.29 is 26.3 Å². The van der Waals surface area contributed by atoms with Crippen LogP contribution in [0.3, 0.4) is 0 Å². The third kappa shape index (κ3) is 29.6. The van der Waals surface area contributed by atoms with E-state index < -0.39 is 24.2 Å². The molecule has 0 bridgehead atoms. The highest BCUT2D eigenvalue weighted by Gasteiger charge is 2.42. The molecule has 0 spiro atoms. The minimum atomic E-state index is -4.12. The number of nitrogen functional groups attached to an aromatic ring is 1. The van der Waals surface area contributed by atoms with Crippen LogP contribution in [0.2, 0.25) is 20.6 Å². The molecule has 1 unspecified atom stereocenters. The number of benzene rings is 6. The van der Waals surface area contributed by atoms with E-state index in [4.69, 9.17) is 52.1 Å². The van der Waals surface area contributed by atoms with E-state index in [9.17, 15) is 26.3 Å². The van der Waals surface area contributed by atoms with E-state index in [1.54, 1.807) is 49.3 Å². The molecule has 133 heavy (non-hydrogen) atoms. The Morgan fingerprint density at radius 1 is 0.323 bits per heavy atom. The van der Waals surface area contributed by atoms with Crippen LogP contribution < -0.4 is 52.3 Å². The Morgan fingerprint density at radius 2 is 0.684 bits per heavy atom. The van der Waals surface area contributed by atoms with Crippen LogP contribution in [0.25, 0.3) is 54.5 Å². The lowest BCUT2D eigenvalue weighted by atomic mass is 9.96. The Kier molecular flexibility index (Phi) is 34.3. The maximum absolute atomic E-state index is 12.8. The number of fused-ring (bicyclic) bond motifs is 5. The van der Waals surface area contributed by atoms with Gasteiger partial charge in [-0.3, -0.25) is 29.8 Å². The van der Waals surface area contributed by atoms with Gasteiger partial charge in [0.2, 0.25) is 0 Å². The molecular formula is C97H94Cl4F6N26. The van der Waals surface area contributed by atoms with Crippen LogP contribution >= 0.6 is 46.4 Å². The van der Waals surface area contributed by atoms with Crippen molar-refractivity contribution >= 4 is 170 Å². The maximum atomic E-state index is 12.8. The summed E-state index contributed by atoms with van der Waals surface area (Å²) in [7, 11) is 0. The lowest BCUT2D eigenvalue weighted by Gasteiger charge is -2.39. The second-order valence-electron chi connectivity index (χ2n) is 30.8. The number of nitrogens with two attached hydrogens (primary N) is 1. The molecule has 682 valence electrons. The molecule has 14 heterocycles. The molecular weight excluding hydrogens is 1790 g/mol. The van der Waals surface area contributed by atoms with Crippen LogP contribution in [0.15, 0.2) is 299 Å². The third-order valence-corrected chi connectivity index (χ3v) is 22.5. The van der Waals surface area contributed by atoms with Gasteiger partial charge in [-0.05, 0) is 148 Å². The molecule has 1 aliphatic carbocycles. The molecule has 0 amide bonds. The van der Waals surface area contributed by atoms with Gasteiger partial charge in [0.1, 0.15) is 87.2 Å². The van der Waals surface area contributed by atoms with Gasteiger partial charge in [0, 0.05) is 194 Å². The standard InChI is InChI=1S/C23H24N6.C19H18F3N5.2C13H9ClN4.C10H14N2.C9H8N2.C6H10F3N.C4H2Cl2N2/c1-2-6-20(7-3-1)28-11-13-29(14-12-28)23-16-22(25-17-26-23)27-19-9-8-18-5-4-10-24-21(18)15-19;20-19(21,22)14-5-8-27(9-6-14)18-11-17(24-12-25-18)26-15-4-3-13-2-1-7-23-16(13)10-15;2*14-12-7-13(17-8-16-12)18-10-4-3-9-2-1-5-15-11(9)6-10;1-2-4-10(5-3-1)12-8-6-11-7-9-12;10-8-4-3-7-2-1-5-11-9(7)6-8;7-6(8,9)5-1-3-10-4-2-5;5-3-1-4(6)8-2-7-3/h1-6,8-10,15-17,20H,7,11-14H2,(H,25,26,27);1-4,7,10-12,14H,5-6,8-9H2,(H,24,25,26);2*1-8H,(H,16,17,18);1-5,11H,6-9H2;1-6H,10H2;5,10H,1-4H2;1-2H. The molecule has 5 aliphatic rings. The van der Waals surface area contributed by atoms with Crippen molar-refractivity contribution in [2.45, 2.75) is 50.5 Å². The molecule has 4 fully saturated rings. The highest BCUT2D eigenvalue weighted by Crippen LogP contribution is 2.37. The van der Waals surface area contributed by atoms with Gasteiger partial charge < -0.3 is 52.3 Å². The van der Waals surface area contributed by atoms with Gasteiger partial charge in [0.05, 0.1) is 39.4 Å². The zero-order valence-electron chi connectivity index (χ0n) is 71.9. The first-order chi connectivity index (χ1) is 64.7. The number of rotatable bonds is 12. The second kappa shape index (κ2) is 47.9. The van der Waals surface area contributed by atoms with Crippen molar-refractivity contribution in [3.05, 3.63) is 320 Å². The van der Waals surface area contributed by atoms with Crippen molar-refractivity contribution in [1.82, 2.24) is 90.3 Å². The number of allylic oxidation sites excluding steroid dienone is 2. The summed E-state index contributed by atoms with van der Waals surface area (Å²) in [4.78, 5) is 71.1. The van der Waals surface area contributed by atoms with Crippen LogP contribution in [-0.4, -0.2) is 177 Å². The average molecular weight is 1880 g/mol. The van der Waals surface area contributed by atoms with E-state index >= 15 is 0 Å². The van der Waals surface area contributed by atoms with Crippen molar-refractivity contribution in [3.8, 4) is 0 Å². The molecule has 4 aliphatic heterocycles. The average Bonchev–Trinajstić information content (AvgIpc) is 0.830. The first-order valence-electron chi connectivity index (χ1n) is 42.9. The molecule has 16 aromatic rings. The van der Waals surface area contributed by atoms with Crippen LogP contribution in [0.1, 0.15) is 32.1 Å². The quantitative estimate of drug-likeness (QED) is 0.0340. The second-order valence-corrected chi connectivity index (χ2v) is 32.4.